The molecule has 3 aliphatic rings. The van der Waals surface area contributed by atoms with Crippen molar-refractivity contribution in [2.24, 2.45) is 9.98 Å². The van der Waals surface area contributed by atoms with E-state index >= 15 is 0 Å². The second-order valence-corrected chi connectivity index (χ2v) is 13.2. The highest BCUT2D eigenvalue weighted by atomic mass is 35.5. The minimum absolute atomic E-state index is 0.0365. The van der Waals surface area contributed by atoms with Crippen LogP contribution in [0.15, 0.2) is 38.6 Å². The molecule has 1 amide bonds. The third kappa shape index (κ3) is 4.90. The molecule has 1 aromatic carbocycles. The summed E-state index contributed by atoms with van der Waals surface area (Å²) in [5.41, 5.74) is -0.987. The molecule has 42 heavy (non-hydrogen) atoms. The number of hydrogen-bond donors (Lipinski definition) is 4. The molecule has 2 fully saturated rings. The van der Waals surface area contributed by atoms with Crippen molar-refractivity contribution in [3.05, 3.63) is 24.3 Å². The maximum atomic E-state index is 13.5. The zero-order valence-corrected chi connectivity index (χ0v) is 25.6. The lowest BCUT2D eigenvalue weighted by molar-refractivity contribution is -0.162. The lowest BCUT2D eigenvalue weighted by Gasteiger charge is -2.54. The van der Waals surface area contributed by atoms with E-state index in [2.05, 4.69) is 15.3 Å². The number of halogens is 1. The average Bonchev–Trinajstić information content (AvgIpc) is 3.61. The zero-order chi connectivity index (χ0) is 30.6. The van der Waals surface area contributed by atoms with Crippen LogP contribution in [-0.4, -0.2) is 120 Å². The summed E-state index contributed by atoms with van der Waals surface area (Å²) in [5, 5.41) is 31.5. The van der Waals surface area contributed by atoms with E-state index in [0.717, 1.165) is 19.5 Å². The van der Waals surface area contributed by atoms with Gasteiger partial charge in [-0.05, 0) is 26.0 Å². The summed E-state index contributed by atoms with van der Waals surface area (Å²) in [6.45, 7) is 4.87. The number of para-hydroxylation sites is 1. The molecule has 5 rings (SSSR count). The molecule has 0 bridgehead atoms. The van der Waals surface area contributed by atoms with Crippen LogP contribution in [0.3, 0.4) is 0 Å². The fourth-order valence-corrected chi connectivity index (χ4v) is 7.73. The van der Waals surface area contributed by atoms with Gasteiger partial charge in [-0.1, -0.05) is 35.5 Å². The number of fused-ring (bicyclic) bond motifs is 2. The number of hydrogen-bond acceptors (Lipinski definition) is 13. The Bertz CT molecular complexity index is 1440. The molecule has 3 aliphatic heterocycles. The molecule has 2 saturated heterocycles. The second-order valence-electron chi connectivity index (χ2n) is 10.4. The summed E-state index contributed by atoms with van der Waals surface area (Å²) in [7, 11) is 0. The Balaban J connectivity index is 1.54. The maximum Gasteiger partial charge on any atom is 0.253 e. The molecular weight excluding hydrogens is 608 g/mol. The van der Waals surface area contributed by atoms with E-state index in [-0.39, 0.29) is 5.84 Å². The Hall–Kier alpha value is -2.66. The van der Waals surface area contributed by atoms with Crippen LogP contribution >= 0.6 is 34.7 Å². The number of aliphatic imine (C=N–C) groups is 2. The van der Waals surface area contributed by atoms with Gasteiger partial charge >= 0.3 is 0 Å². The van der Waals surface area contributed by atoms with Gasteiger partial charge in [0.25, 0.3) is 5.12 Å². The first-order valence-electron chi connectivity index (χ1n) is 13.2. The molecule has 2 aromatic rings. The van der Waals surface area contributed by atoms with E-state index in [4.69, 9.17) is 21.3 Å². The van der Waals surface area contributed by atoms with Gasteiger partial charge in [-0.3, -0.25) is 24.3 Å². The van der Waals surface area contributed by atoms with E-state index in [9.17, 15) is 29.7 Å². The van der Waals surface area contributed by atoms with Crippen molar-refractivity contribution < 1.29 is 34.4 Å². The summed E-state index contributed by atoms with van der Waals surface area (Å²) >= 11 is 9.88. The zero-order valence-electron chi connectivity index (χ0n) is 23.2. The molecule has 0 saturated carbocycles. The van der Waals surface area contributed by atoms with Gasteiger partial charge in [-0.15, -0.1) is 11.3 Å². The molecule has 0 aliphatic carbocycles. The van der Waals surface area contributed by atoms with Crippen LogP contribution in [0.2, 0.25) is 0 Å². The number of ether oxygens (including phenoxy) is 1. The normalized spacial score (nSPS) is 34.1. The van der Waals surface area contributed by atoms with Crippen LogP contribution in [0.4, 0.5) is 0 Å². The van der Waals surface area contributed by atoms with Crippen molar-refractivity contribution in [3.8, 4) is 0 Å². The van der Waals surface area contributed by atoms with Gasteiger partial charge in [-0.25, -0.2) is 9.98 Å². The molecule has 8 atom stereocenters. The molecule has 1 aromatic heterocycles. The number of amidine groups is 1. The molecule has 6 unspecified atom stereocenters. The number of carbonyl (C=O) groups excluding carboxylic acids is 3. The standard InChI is InChI=1S/C26H31ClN6O7S2/c1-12(10-41-24-30-16-7-5-6-8-18(16)42-24)29-22-25(13(2)35)23(33(15(4)37)26(27,31-22)14(3)36)32(11-28-25)21-20(39)19(38)17(9-34)40-21/h5-8,11-12,17,19-21,23,34,38-39H,9-10H2,1-4H3,(H,29,31)/t12?,17-,19?,20?,21-,23?,25?,26?/m1/s1. The smallest absolute Gasteiger partial charge is 0.253 e. The molecule has 226 valence electrons. The SMILES string of the molecule is CC(=O)N1C2N([C@@H]3O[C@H](CO)C(O)C3O)C=NC2(C(C)=O)C(=NC(C)CSc2nc3ccccc3s2)NC1(Cl)C(C)=O. The van der Waals surface area contributed by atoms with Crippen molar-refractivity contribution >= 4 is 74.6 Å². The lowest BCUT2D eigenvalue weighted by Crippen LogP contribution is -2.81. The fourth-order valence-electron chi connectivity index (χ4n) is 5.40. The van der Waals surface area contributed by atoms with Gasteiger partial charge in [0.15, 0.2) is 28.3 Å². The Morgan fingerprint density at radius 1 is 1.21 bits per heavy atom. The molecule has 13 nitrogen and oxygen atoms in total. The highest BCUT2D eigenvalue weighted by molar-refractivity contribution is 8.01. The minimum atomic E-state index is -2.17. The number of thioether (sulfide) groups is 1. The summed E-state index contributed by atoms with van der Waals surface area (Å²) < 4.78 is 7.61. The third-order valence-electron chi connectivity index (χ3n) is 7.50. The number of carbonyl (C=O) groups is 3. The summed E-state index contributed by atoms with van der Waals surface area (Å²) in [6, 6.07) is 7.35. The van der Waals surface area contributed by atoms with Gasteiger partial charge in [0, 0.05) is 19.6 Å². The van der Waals surface area contributed by atoms with Gasteiger partial charge < -0.3 is 30.3 Å². The first kappa shape index (κ1) is 30.8. The van der Waals surface area contributed by atoms with E-state index in [1.165, 1.54) is 43.8 Å². The second kappa shape index (κ2) is 11.4. The van der Waals surface area contributed by atoms with Crippen molar-refractivity contribution in [2.75, 3.05) is 12.4 Å². The highest BCUT2D eigenvalue weighted by Crippen LogP contribution is 2.43. The van der Waals surface area contributed by atoms with Crippen LogP contribution in [-0.2, 0) is 19.1 Å². The summed E-state index contributed by atoms with van der Waals surface area (Å²) in [4.78, 5) is 55.8. The molecule has 0 spiro atoms. The van der Waals surface area contributed by atoms with E-state index < -0.39 is 71.5 Å². The third-order valence-corrected chi connectivity index (χ3v) is 10.5. The Kier molecular flexibility index (Phi) is 8.39. The highest BCUT2D eigenvalue weighted by Gasteiger charge is 2.68. The molecule has 4 N–H and O–H groups in total. The number of Topliss-reactive ketones (excluding diaryl/α,β-unsaturated/α-hetero) is 2. The minimum Gasteiger partial charge on any atom is -0.394 e. The fraction of sp³-hybridized carbons (Fsp3) is 0.538. The topological polar surface area (TPSA) is 177 Å². The van der Waals surface area contributed by atoms with Crippen LogP contribution in [0.1, 0.15) is 27.7 Å². The number of benzene rings is 1. The molecular formula is C26H31ClN6O7S2. The van der Waals surface area contributed by atoms with Gasteiger partial charge in [0.05, 0.1) is 29.2 Å². The molecule has 16 heteroatoms. The van der Waals surface area contributed by atoms with Crippen LogP contribution < -0.4 is 5.32 Å². The maximum absolute atomic E-state index is 13.5. The molecule has 0 radical (unpaired) electrons. The number of nitrogens with zero attached hydrogens (tertiary/aromatic N) is 5. The average molecular weight is 639 g/mol. The van der Waals surface area contributed by atoms with E-state index in [1.54, 1.807) is 11.3 Å². The van der Waals surface area contributed by atoms with Crippen LogP contribution in [0.25, 0.3) is 10.2 Å². The van der Waals surface area contributed by atoms with Crippen molar-refractivity contribution in [1.82, 2.24) is 20.1 Å². The largest absolute Gasteiger partial charge is 0.394 e. The quantitative estimate of drug-likeness (QED) is 0.180. The lowest BCUT2D eigenvalue weighted by atomic mass is 9.85. The Morgan fingerprint density at radius 3 is 2.52 bits per heavy atom. The number of aliphatic hydroxyl groups is 3. The Labute approximate surface area is 254 Å². The van der Waals surface area contributed by atoms with E-state index in [1.807, 2.05) is 31.2 Å². The number of nitrogens with one attached hydrogen (secondary N) is 1. The summed E-state index contributed by atoms with van der Waals surface area (Å²) in [5.74, 6) is -1.44. The first-order chi connectivity index (χ1) is 19.8. The van der Waals surface area contributed by atoms with Crippen molar-refractivity contribution in [2.45, 2.75) is 79.4 Å². The number of rotatable bonds is 8. The van der Waals surface area contributed by atoms with Crippen LogP contribution in [0.5, 0.6) is 0 Å². The number of aromatic nitrogens is 1. The predicted octanol–water partition coefficient (Wildman–Crippen LogP) is 0.546. The number of ketones is 2. The summed E-state index contributed by atoms with van der Waals surface area (Å²) in [6.07, 6.45) is -5.68. The number of alkyl halides is 1. The Morgan fingerprint density at radius 2 is 1.93 bits per heavy atom. The predicted molar refractivity (Wildman–Crippen MR) is 157 cm³/mol. The first-order valence-corrected chi connectivity index (χ1v) is 15.3. The van der Waals surface area contributed by atoms with Gasteiger partial charge in [0.1, 0.15) is 24.1 Å². The van der Waals surface area contributed by atoms with E-state index in [0.29, 0.717) is 5.75 Å². The number of aliphatic hydroxyl groups excluding tert-OH is 3. The van der Waals surface area contributed by atoms with Gasteiger partial charge in [-0.2, -0.15) is 0 Å². The van der Waals surface area contributed by atoms with Crippen molar-refractivity contribution in [1.29, 1.82) is 0 Å². The monoisotopic (exact) mass is 638 g/mol. The van der Waals surface area contributed by atoms with Crippen molar-refractivity contribution in [3.63, 3.8) is 0 Å². The number of thiazole rings is 1. The molecule has 4 heterocycles. The van der Waals surface area contributed by atoms with Gasteiger partial charge in [0.2, 0.25) is 11.4 Å². The number of amides is 1. The van der Waals surface area contributed by atoms with Crippen LogP contribution in [0, 0.1) is 0 Å².